The molecule has 2 heterocycles. The van der Waals surface area contributed by atoms with Gasteiger partial charge in [0.15, 0.2) is 0 Å². The van der Waals surface area contributed by atoms with Crippen LogP contribution in [0.1, 0.15) is 58.8 Å². The second kappa shape index (κ2) is 8.51. The first kappa shape index (κ1) is 20.9. The summed E-state index contributed by atoms with van der Waals surface area (Å²) in [5, 5.41) is 13.9. The van der Waals surface area contributed by atoms with E-state index in [1.165, 1.54) is 6.07 Å². The number of amides is 1. The van der Waals surface area contributed by atoms with Crippen molar-refractivity contribution in [3.63, 3.8) is 0 Å². The van der Waals surface area contributed by atoms with E-state index in [4.69, 9.17) is 0 Å². The normalized spacial score (nSPS) is 20.2. The fraction of sp³-hybridized carbons (Fsp3) is 0.385. The Bertz CT molecular complexity index is 1140. The van der Waals surface area contributed by atoms with E-state index >= 15 is 0 Å². The van der Waals surface area contributed by atoms with Crippen LogP contribution in [0.15, 0.2) is 48.8 Å². The van der Waals surface area contributed by atoms with E-state index in [1.807, 2.05) is 17.0 Å². The highest BCUT2D eigenvalue weighted by Gasteiger charge is 2.39. The molecule has 5 rings (SSSR count). The number of rotatable bonds is 6. The van der Waals surface area contributed by atoms with E-state index in [1.54, 1.807) is 29.2 Å². The number of fused-ring (bicyclic) bond motifs is 1. The molecule has 0 spiro atoms. The molecule has 0 unspecified atom stereocenters. The summed E-state index contributed by atoms with van der Waals surface area (Å²) in [5.74, 6) is -0.0604. The maximum Gasteiger partial charge on any atom is 0.254 e. The third-order valence-corrected chi connectivity index (χ3v) is 7.08. The maximum atomic E-state index is 14.9. The SMILES string of the molecule is CCc1cc2c(cc1Cc1ccc(-n3cccn3)cc1F)C(=O)N([C@H]1CCC[C@@H]1CO)C2. The van der Waals surface area contributed by atoms with Crippen molar-refractivity contribution in [2.45, 2.75) is 51.6 Å². The van der Waals surface area contributed by atoms with Crippen LogP contribution < -0.4 is 0 Å². The average molecular weight is 434 g/mol. The van der Waals surface area contributed by atoms with Gasteiger partial charge in [0, 0.05) is 49.5 Å². The van der Waals surface area contributed by atoms with Crippen LogP contribution in [-0.4, -0.2) is 38.3 Å². The van der Waals surface area contributed by atoms with Gasteiger partial charge in [-0.1, -0.05) is 25.5 Å². The van der Waals surface area contributed by atoms with Crippen molar-refractivity contribution in [3.05, 3.63) is 82.4 Å². The van der Waals surface area contributed by atoms with Crippen LogP contribution in [0.3, 0.4) is 0 Å². The van der Waals surface area contributed by atoms with Crippen LogP contribution in [0.25, 0.3) is 5.69 Å². The number of hydrogen-bond acceptors (Lipinski definition) is 3. The lowest BCUT2D eigenvalue weighted by Gasteiger charge is -2.28. The molecule has 3 aromatic rings. The Hall–Kier alpha value is -2.99. The number of aromatic nitrogens is 2. The molecule has 1 aromatic heterocycles. The summed E-state index contributed by atoms with van der Waals surface area (Å²) < 4.78 is 16.6. The molecular formula is C26H28FN3O2. The van der Waals surface area contributed by atoms with Crippen molar-refractivity contribution in [2.24, 2.45) is 5.92 Å². The molecule has 2 aromatic carbocycles. The van der Waals surface area contributed by atoms with Crippen LogP contribution >= 0.6 is 0 Å². The first-order valence-corrected chi connectivity index (χ1v) is 11.4. The zero-order valence-electron chi connectivity index (χ0n) is 18.3. The Morgan fingerprint density at radius 3 is 2.75 bits per heavy atom. The van der Waals surface area contributed by atoms with Crippen LogP contribution in [0.2, 0.25) is 0 Å². The van der Waals surface area contributed by atoms with Crippen molar-refractivity contribution < 1.29 is 14.3 Å². The number of aliphatic hydroxyl groups is 1. The summed E-state index contributed by atoms with van der Waals surface area (Å²) in [5.41, 5.74) is 5.22. The van der Waals surface area contributed by atoms with Gasteiger partial charge >= 0.3 is 0 Å². The number of nitrogens with zero attached hydrogens (tertiary/aromatic N) is 3. The van der Waals surface area contributed by atoms with Crippen molar-refractivity contribution in [1.29, 1.82) is 0 Å². The quantitative estimate of drug-likeness (QED) is 0.631. The second-order valence-corrected chi connectivity index (χ2v) is 8.91. The van der Waals surface area contributed by atoms with Gasteiger partial charge in [-0.25, -0.2) is 9.07 Å². The smallest absolute Gasteiger partial charge is 0.254 e. The first-order valence-electron chi connectivity index (χ1n) is 11.4. The lowest BCUT2D eigenvalue weighted by atomic mass is 9.93. The van der Waals surface area contributed by atoms with Gasteiger partial charge in [-0.15, -0.1) is 0 Å². The topological polar surface area (TPSA) is 58.4 Å². The summed E-state index contributed by atoms with van der Waals surface area (Å²) in [7, 11) is 0. The van der Waals surface area contributed by atoms with E-state index in [9.17, 15) is 14.3 Å². The van der Waals surface area contributed by atoms with Crippen molar-refractivity contribution >= 4 is 5.91 Å². The Kier molecular flexibility index (Phi) is 5.55. The van der Waals surface area contributed by atoms with E-state index in [2.05, 4.69) is 18.1 Å². The standard InChI is InChI=1S/C26H28FN3O2/c1-2-17-11-21-15-29(25-6-3-5-19(25)16-31)26(32)23(21)13-20(17)12-18-7-8-22(14-24(18)27)30-10-4-9-28-30/h4,7-11,13-14,19,25,31H,2-3,5-6,12,15-16H2,1H3/t19-,25+/m1/s1. The predicted molar refractivity (Wildman–Crippen MR) is 120 cm³/mol. The highest BCUT2D eigenvalue weighted by atomic mass is 19.1. The molecule has 32 heavy (non-hydrogen) atoms. The van der Waals surface area contributed by atoms with E-state index in [-0.39, 0.29) is 30.3 Å². The highest BCUT2D eigenvalue weighted by Crippen LogP contribution is 2.36. The largest absolute Gasteiger partial charge is 0.396 e. The number of aliphatic hydroxyl groups excluding tert-OH is 1. The van der Waals surface area contributed by atoms with Crippen LogP contribution in [-0.2, 0) is 19.4 Å². The molecule has 1 aliphatic carbocycles. The van der Waals surface area contributed by atoms with Crippen molar-refractivity contribution in [1.82, 2.24) is 14.7 Å². The molecule has 6 heteroatoms. The third-order valence-electron chi connectivity index (χ3n) is 7.08. The fourth-order valence-corrected chi connectivity index (χ4v) is 5.33. The van der Waals surface area contributed by atoms with Crippen LogP contribution in [0, 0.1) is 11.7 Å². The molecule has 2 atom stereocenters. The molecule has 1 amide bonds. The van der Waals surface area contributed by atoms with Gasteiger partial charge in [0.25, 0.3) is 5.91 Å². The number of hydrogen-bond donors (Lipinski definition) is 1. The van der Waals surface area contributed by atoms with Crippen molar-refractivity contribution in [3.8, 4) is 5.69 Å². The summed E-state index contributed by atoms with van der Waals surface area (Å²) in [6, 6.07) is 11.2. The van der Waals surface area contributed by atoms with Gasteiger partial charge in [-0.05, 0) is 65.8 Å². The van der Waals surface area contributed by atoms with Gasteiger partial charge < -0.3 is 10.0 Å². The van der Waals surface area contributed by atoms with E-state index in [0.29, 0.717) is 24.2 Å². The summed E-state index contributed by atoms with van der Waals surface area (Å²) in [6.07, 6.45) is 7.69. The number of carbonyl (C=O) groups excluding carboxylic acids is 1. The molecule has 0 radical (unpaired) electrons. The number of aryl methyl sites for hydroxylation is 1. The van der Waals surface area contributed by atoms with Crippen LogP contribution in [0.5, 0.6) is 0 Å². The minimum absolute atomic E-state index is 0.0451. The van der Waals surface area contributed by atoms with Gasteiger partial charge in [-0.3, -0.25) is 4.79 Å². The predicted octanol–water partition coefficient (Wildman–Crippen LogP) is 4.28. The lowest BCUT2D eigenvalue weighted by molar-refractivity contribution is 0.0612. The summed E-state index contributed by atoms with van der Waals surface area (Å²) >= 11 is 0. The zero-order chi connectivity index (χ0) is 22.2. The third kappa shape index (κ3) is 3.62. The summed E-state index contributed by atoms with van der Waals surface area (Å²) in [4.78, 5) is 15.2. The summed E-state index contributed by atoms with van der Waals surface area (Å²) in [6.45, 7) is 2.83. The molecule has 166 valence electrons. The number of benzene rings is 2. The molecule has 1 saturated carbocycles. The van der Waals surface area contributed by atoms with Crippen molar-refractivity contribution in [2.75, 3.05) is 6.61 Å². The Balaban J connectivity index is 1.43. The minimum Gasteiger partial charge on any atom is -0.396 e. The minimum atomic E-state index is -0.273. The molecule has 0 bridgehead atoms. The molecule has 0 saturated heterocycles. The lowest BCUT2D eigenvalue weighted by Crippen LogP contribution is -2.39. The first-order chi connectivity index (χ1) is 15.6. The molecule has 2 aliphatic rings. The van der Waals surface area contributed by atoms with Crippen LogP contribution in [0.4, 0.5) is 4.39 Å². The second-order valence-electron chi connectivity index (χ2n) is 8.91. The molecule has 5 nitrogen and oxygen atoms in total. The van der Waals surface area contributed by atoms with Gasteiger partial charge in [0.2, 0.25) is 0 Å². The molecule has 1 fully saturated rings. The Morgan fingerprint density at radius 1 is 1.16 bits per heavy atom. The monoisotopic (exact) mass is 433 g/mol. The Labute approximate surface area is 187 Å². The maximum absolute atomic E-state index is 14.9. The van der Waals surface area contributed by atoms with Gasteiger partial charge in [0.1, 0.15) is 5.82 Å². The van der Waals surface area contributed by atoms with Gasteiger partial charge in [-0.2, -0.15) is 5.10 Å². The number of carbonyl (C=O) groups is 1. The van der Waals surface area contributed by atoms with E-state index < -0.39 is 0 Å². The van der Waals surface area contributed by atoms with Gasteiger partial charge in [0.05, 0.1) is 5.69 Å². The molecule has 1 N–H and O–H groups in total. The number of halogens is 1. The molecular weight excluding hydrogens is 405 g/mol. The molecule has 1 aliphatic heterocycles. The highest BCUT2D eigenvalue weighted by molar-refractivity contribution is 5.99. The average Bonchev–Trinajstić information content (AvgIpc) is 3.55. The fourth-order valence-electron chi connectivity index (χ4n) is 5.33. The zero-order valence-corrected chi connectivity index (χ0v) is 18.3. The Morgan fingerprint density at radius 2 is 2.03 bits per heavy atom. The van der Waals surface area contributed by atoms with E-state index in [0.717, 1.165) is 47.9 Å².